The van der Waals surface area contributed by atoms with Gasteiger partial charge in [-0.25, -0.2) is 0 Å². The minimum Gasteiger partial charge on any atom is -0.494 e. The Morgan fingerprint density at radius 2 is 2.05 bits per heavy atom. The fraction of sp³-hybridized carbons (Fsp3) is 0.684. The van der Waals surface area contributed by atoms with Crippen LogP contribution in [-0.4, -0.2) is 19.2 Å². The topological polar surface area (TPSA) is 21.3 Å². The number of aryl methyl sites for hydroxylation is 1. The van der Waals surface area contributed by atoms with Crippen LogP contribution in [0.25, 0.3) is 0 Å². The van der Waals surface area contributed by atoms with E-state index in [1.807, 2.05) is 0 Å². The van der Waals surface area contributed by atoms with Crippen LogP contribution >= 0.6 is 0 Å². The smallest absolute Gasteiger partial charge is 0.119 e. The molecule has 1 aromatic carbocycles. The summed E-state index contributed by atoms with van der Waals surface area (Å²) in [4.78, 5) is 0. The molecule has 0 amide bonds. The Kier molecular flexibility index (Phi) is 7.08. The summed E-state index contributed by atoms with van der Waals surface area (Å²) >= 11 is 0. The zero-order chi connectivity index (χ0) is 14.9. The summed E-state index contributed by atoms with van der Waals surface area (Å²) in [5, 5.41) is 3.76. The van der Waals surface area contributed by atoms with Crippen LogP contribution in [0.2, 0.25) is 0 Å². The van der Waals surface area contributed by atoms with Crippen molar-refractivity contribution in [2.24, 2.45) is 5.92 Å². The maximum Gasteiger partial charge on any atom is 0.119 e. The Morgan fingerprint density at radius 1 is 1.24 bits per heavy atom. The first-order valence-corrected chi connectivity index (χ1v) is 8.72. The highest BCUT2D eigenvalue weighted by molar-refractivity contribution is 5.27. The lowest BCUT2D eigenvalue weighted by Gasteiger charge is -2.31. The second-order valence-corrected chi connectivity index (χ2v) is 6.41. The van der Waals surface area contributed by atoms with E-state index >= 15 is 0 Å². The second kappa shape index (κ2) is 9.09. The minimum absolute atomic E-state index is 0.634. The van der Waals surface area contributed by atoms with Crippen LogP contribution in [0.15, 0.2) is 24.3 Å². The van der Waals surface area contributed by atoms with Crippen molar-refractivity contribution in [3.8, 4) is 5.75 Å². The van der Waals surface area contributed by atoms with Crippen LogP contribution in [0.3, 0.4) is 0 Å². The van der Waals surface area contributed by atoms with Crippen molar-refractivity contribution < 1.29 is 4.74 Å². The molecule has 2 nitrogen and oxygen atoms in total. The van der Waals surface area contributed by atoms with Gasteiger partial charge in [-0.15, -0.1) is 0 Å². The standard InChI is InChI=1S/C19H31NO/c1-3-13-20-19(17-9-5-4-6-10-17)12-14-21-18-11-7-8-16(2)15-18/h7-8,11,15,17,19-20H,3-6,9-10,12-14H2,1-2H3. The van der Waals surface area contributed by atoms with E-state index < -0.39 is 0 Å². The van der Waals surface area contributed by atoms with Gasteiger partial charge in [0.15, 0.2) is 0 Å². The lowest BCUT2D eigenvalue weighted by molar-refractivity contribution is 0.217. The fourth-order valence-corrected chi connectivity index (χ4v) is 3.38. The van der Waals surface area contributed by atoms with Crippen LogP contribution < -0.4 is 10.1 Å². The van der Waals surface area contributed by atoms with E-state index in [4.69, 9.17) is 4.74 Å². The number of rotatable bonds is 8. The predicted octanol–water partition coefficient (Wildman–Crippen LogP) is 4.71. The summed E-state index contributed by atoms with van der Waals surface area (Å²) in [5.74, 6) is 1.86. The summed E-state index contributed by atoms with van der Waals surface area (Å²) in [6.45, 7) is 6.31. The van der Waals surface area contributed by atoms with Gasteiger partial charge in [0, 0.05) is 6.04 Å². The Labute approximate surface area is 130 Å². The SMILES string of the molecule is CCCNC(CCOc1cccc(C)c1)C1CCCCC1. The summed E-state index contributed by atoms with van der Waals surface area (Å²) < 4.78 is 5.95. The van der Waals surface area contributed by atoms with Crippen molar-refractivity contribution in [2.45, 2.75) is 64.8 Å². The predicted molar refractivity (Wildman–Crippen MR) is 89.9 cm³/mol. The van der Waals surface area contributed by atoms with Crippen molar-refractivity contribution in [2.75, 3.05) is 13.2 Å². The summed E-state index contributed by atoms with van der Waals surface area (Å²) in [6.07, 6.45) is 9.37. The Bertz CT molecular complexity index is 398. The zero-order valence-corrected chi connectivity index (χ0v) is 13.7. The van der Waals surface area contributed by atoms with Gasteiger partial charge in [-0.05, 0) is 62.8 Å². The third-order valence-electron chi connectivity index (χ3n) is 4.56. The molecule has 1 aliphatic rings. The van der Waals surface area contributed by atoms with E-state index in [-0.39, 0.29) is 0 Å². The average molecular weight is 289 g/mol. The van der Waals surface area contributed by atoms with Crippen molar-refractivity contribution in [3.63, 3.8) is 0 Å². The third-order valence-corrected chi connectivity index (χ3v) is 4.56. The quantitative estimate of drug-likeness (QED) is 0.748. The number of nitrogens with one attached hydrogen (secondary N) is 1. The highest BCUT2D eigenvalue weighted by atomic mass is 16.5. The van der Waals surface area contributed by atoms with Crippen LogP contribution in [-0.2, 0) is 0 Å². The highest BCUT2D eigenvalue weighted by Gasteiger charge is 2.22. The van der Waals surface area contributed by atoms with E-state index in [0.717, 1.165) is 31.2 Å². The molecule has 0 heterocycles. The Balaban J connectivity index is 1.80. The van der Waals surface area contributed by atoms with Crippen molar-refractivity contribution in [3.05, 3.63) is 29.8 Å². The van der Waals surface area contributed by atoms with Gasteiger partial charge in [-0.1, -0.05) is 38.3 Å². The van der Waals surface area contributed by atoms with Gasteiger partial charge in [-0.3, -0.25) is 0 Å². The monoisotopic (exact) mass is 289 g/mol. The molecule has 1 fully saturated rings. The highest BCUT2D eigenvalue weighted by Crippen LogP contribution is 2.28. The lowest BCUT2D eigenvalue weighted by atomic mass is 9.82. The molecule has 0 aliphatic heterocycles. The molecule has 0 radical (unpaired) electrons. The van der Waals surface area contributed by atoms with Crippen LogP contribution in [0, 0.1) is 12.8 Å². The molecule has 1 saturated carbocycles. The molecule has 1 atom stereocenters. The largest absolute Gasteiger partial charge is 0.494 e. The molecular weight excluding hydrogens is 258 g/mol. The van der Waals surface area contributed by atoms with E-state index in [1.165, 1.54) is 44.1 Å². The summed E-state index contributed by atoms with van der Waals surface area (Å²) in [7, 11) is 0. The molecule has 1 N–H and O–H groups in total. The number of ether oxygens (including phenoxy) is 1. The first-order chi connectivity index (χ1) is 10.3. The normalized spacial score (nSPS) is 17.6. The van der Waals surface area contributed by atoms with Gasteiger partial charge < -0.3 is 10.1 Å². The van der Waals surface area contributed by atoms with E-state index in [0.29, 0.717) is 6.04 Å². The molecule has 118 valence electrons. The van der Waals surface area contributed by atoms with Gasteiger partial charge in [-0.2, -0.15) is 0 Å². The van der Waals surface area contributed by atoms with Crippen molar-refractivity contribution in [1.29, 1.82) is 0 Å². The van der Waals surface area contributed by atoms with Crippen LogP contribution in [0.1, 0.15) is 57.4 Å². The van der Waals surface area contributed by atoms with Gasteiger partial charge in [0.2, 0.25) is 0 Å². The summed E-state index contributed by atoms with van der Waals surface area (Å²) in [6, 6.07) is 8.99. The summed E-state index contributed by atoms with van der Waals surface area (Å²) in [5.41, 5.74) is 1.26. The van der Waals surface area contributed by atoms with Gasteiger partial charge >= 0.3 is 0 Å². The third kappa shape index (κ3) is 5.70. The molecule has 2 rings (SSSR count). The number of hydrogen-bond acceptors (Lipinski definition) is 2. The number of hydrogen-bond donors (Lipinski definition) is 1. The van der Waals surface area contributed by atoms with E-state index in [1.54, 1.807) is 0 Å². The van der Waals surface area contributed by atoms with E-state index in [9.17, 15) is 0 Å². The number of benzene rings is 1. The van der Waals surface area contributed by atoms with Crippen LogP contribution in [0.5, 0.6) is 5.75 Å². The molecule has 0 spiro atoms. The molecule has 0 bridgehead atoms. The molecule has 2 heteroatoms. The molecule has 0 saturated heterocycles. The Hall–Kier alpha value is -1.02. The molecule has 1 unspecified atom stereocenters. The molecule has 1 aliphatic carbocycles. The van der Waals surface area contributed by atoms with Crippen molar-refractivity contribution >= 4 is 0 Å². The van der Waals surface area contributed by atoms with Gasteiger partial charge in [0.05, 0.1) is 6.61 Å². The molecule has 21 heavy (non-hydrogen) atoms. The van der Waals surface area contributed by atoms with Crippen molar-refractivity contribution in [1.82, 2.24) is 5.32 Å². The fourth-order valence-electron chi connectivity index (χ4n) is 3.38. The average Bonchev–Trinajstić information content (AvgIpc) is 2.51. The van der Waals surface area contributed by atoms with Gasteiger partial charge in [0.25, 0.3) is 0 Å². The maximum absolute atomic E-state index is 5.95. The van der Waals surface area contributed by atoms with Crippen LogP contribution in [0.4, 0.5) is 0 Å². The molecule has 0 aromatic heterocycles. The first-order valence-electron chi connectivity index (χ1n) is 8.72. The second-order valence-electron chi connectivity index (χ2n) is 6.41. The van der Waals surface area contributed by atoms with Gasteiger partial charge in [0.1, 0.15) is 5.75 Å². The zero-order valence-electron chi connectivity index (χ0n) is 13.7. The molecular formula is C19H31NO. The minimum atomic E-state index is 0.634. The lowest BCUT2D eigenvalue weighted by Crippen LogP contribution is -2.38. The Morgan fingerprint density at radius 3 is 2.76 bits per heavy atom. The maximum atomic E-state index is 5.95. The molecule has 1 aromatic rings. The first kappa shape index (κ1) is 16.4. The van der Waals surface area contributed by atoms with E-state index in [2.05, 4.69) is 43.4 Å².